The highest BCUT2D eigenvalue weighted by molar-refractivity contribution is 6.04. The van der Waals surface area contributed by atoms with E-state index in [-0.39, 0.29) is 11.9 Å². The van der Waals surface area contributed by atoms with Gasteiger partial charge < -0.3 is 4.74 Å². The molecular formula is C33H39N3O2. The fourth-order valence-electron chi connectivity index (χ4n) is 5.81. The second-order valence-corrected chi connectivity index (χ2v) is 10.7. The van der Waals surface area contributed by atoms with Crippen LogP contribution in [-0.2, 0) is 11.2 Å². The molecule has 3 aromatic rings. The summed E-state index contributed by atoms with van der Waals surface area (Å²) in [5, 5.41) is 6.69. The van der Waals surface area contributed by atoms with Gasteiger partial charge in [0.1, 0.15) is 5.75 Å². The van der Waals surface area contributed by atoms with Crippen molar-refractivity contribution >= 4 is 11.6 Å². The quantitative estimate of drug-likeness (QED) is 0.356. The molecule has 0 N–H and O–H groups in total. The number of likely N-dealkylation sites (tertiary alicyclic amines) is 1. The molecular weight excluding hydrogens is 470 g/mol. The van der Waals surface area contributed by atoms with Gasteiger partial charge in [-0.05, 0) is 87.9 Å². The number of nitrogens with zero attached hydrogens (tertiary/aromatic N) is 3. The first kappa shape index (κ1) is 26.2. The summed E-state index contributed by atoms with van der Waals surface area (Å²) in [7, 11) is 0. The normalized spacial score (nSPS) is 18.4. The number of carbonyl (C=O) groups excluding carboxylic acids is 1. The summed E-state index contributed by atoms with van der Waals surface area (Å²) in [6.07, 6.45) is 4.09. The fraction of sp³-hybridized carbons (Fsp3) is 0.394. The maximum atomic E-state index is 13.7. The maximum Gasteiger partial charge on any atom is 0.257 e. The van der Waals surface area contributed by atoms with Crippen molar-refractivity contribution in [1.29, 1.82) is 0 Å². The molecule has 0 saturated carbocycles. The SMILES string of the molecule is CCOc1ccc(C2CC(c3ccc(C)cc3C)=NN2C(=O)CN2CCC(Cc3ccccc3)CC2)cc1. The van der Waals surface area contributed by atoms with Gasteiger partial charge in [0.2, 0.25) is 0 Å². The Morgan fingerprint density at radius 3 is 2.39 bits per heavy atom. The highest BCUT2D eigenvalue weighted by Gasteiger charge is 2.34. The number of hydrogen-bond donors (Lipinski definition) is 0. The number of aryl methyl sites for hydroxylation is 2. The topological polar surface area (TPSA) is 45.1 Å². The number of benzene rings is 3. The van der Waals surface area contributed by atoms with Crippen LogP contribution in [0.1, 0.15) is 60.0 Å². The van der Waals surface area contributed by atoms with Gasteiger partial charge in [0.05, 0.1) is 24.9 Å². The number of rotatable bonds is 8. The van der Waals surface area contributed by atoms with E-state index in [4.69, 9.17) is 9.84 Å². The Morgan fingerprint density at radius 1 is 0.974 bits per heavy atom. The smallest absolute Gasteiger partial charge is 0.257 e. The fourth-order valence-corrected chi connectivity index (χ4v) is 5.81. The molecule has 5 heteroatoms. The summed E-state index contributed by atoms with van der Waals surface area (Å²) in [6, 6.07) is 25.2. The van der Waals surface area contributed by atoms with Gasteiger partial charge in [0, 0.05) is 12.0 Å². The van der Waals surface area contributed by atoms with Gasteiger partial charge in [-0.1, -0.05) is 66.2 Å². The van der Waals surface area contributed by atoms with Crippen LogP contribution >= 0.6 is 0 Å². The number of carbonyl (C=O) groups is 1. The lowest BCUT2D eigenvalue weighted by Crippen LogP contribution is -2.42. The van der Waals surface area contributed by atoms with Crippen molar-refractivity contribution in [1.82, 2.24) is 9.91 Å². The zero-order valence-corrected chi connectivity index (χ0v) is 22.9. The lowest BCUT2D eigenvalue weighted by molar-refractivity contribution is -0.134. The zero-order chi connectivity index (χ0) is 26.5. The highest BCUT2D eigenvalue weighted by atomic mass is 16.5. The minimum absolute atomic E-state index is 0.0742. The van der Waals surface area contributed by atoms with E-state index in [0.29, 0.717) is 25.5 Å². The van der Waals surface area contributed by atoms with E-state index >= 15 is 0 Å². The van der Waals surface area contributed by atoms with Crippen LogP contribution < -0.4 is 4.74 Å². The van der Waals surface area contributed by atoms with Gasteiger partial charge in [0.15, 0.2) is 0 Å². The molecule has 0 radical (unpaired) electrons. The molecule has 198 valence electrons. The first-order chi connectivity index (χ1) is 18.5. The minimum Gasteiger partial charge on any atom is -0.494 e. The standard InChI is InChI=1S/C33H39N3O2/c1-4-38-29-13-11-28(12-14-29)32-22-31(30-15-10-24(2)20-25(30)3)34-36(32)33(37)23-35-18-16-27(17-19-35)21-26-8-6-5-7-9-26/h5-15,20,27,32H,4,16-19,21-23H2,1-3H3. The maximum absolute atomic E-state index is 13.7. The lowest BCUT2D eigenvalue weighted by Gasteiger charge is -2.33. The van der Waals surface area contributed by atoms with Gasteiger partial charge in [-0.2, -0.15) is 5.10 Å². The van der Waals surface area contributed by atoms with E-state index < -0.39 is 0 Å². The number of hydrazone groups is 1. The van der Waals surface area contributed by atoms with E-state index in [1.165, 1.54) is 16.7 Å². The minimum atomic E-state index is -0.107. The van der Waals surface area contributed by atoms with Gasteiger partial charge in [-0.15, -0.1) is 0 Å². The zero-order valence-electron chi connectivity index (χ0n) is 22.9. The summed E-state index contributed by atoms with van der Waals surface area (Å²) in [4.78, 5) is 16.0. The predicted octanol–water partition coefficient (Wildman–Crippen LogP) is 6.33. The number of amides is 1. The average molecular weight is 510 g/mol. The van der Waals surface area contributed by atoms with Crippen LogP contribution in [0.2, 0.25) is 0 Å². The van der Waals surface area contributed by atoms with E-state index in [0.717, 1.165) is 54.9 Å². The predicted molar refractivity (Wildman–Crippen MR) is 154 cm³/mol. The summed E-state index contributed by atoms with van der Waals surface area (Å²) < 4.78 is 5.65. The third-order valence-corrected chi connectivity index (χ3v) is 7.87. The molecule has 1 unspecified atom stereocenters. The lowest BCUT2D eigenvalue weighted by atomic mass is 9.90. The van der Waals surface area contributed by atoms with Crippen molar-refractivity contribution in [3.05, 3.63) is 101 Å². The summed E-state index contributed by atoms with van der Waals surface area (Å²) in [5.74, 6) is 1.60. The third kappa shape index (κ3) is 6.16. The molecule has 0 aromatic heterocycles. The van der Waals surface area contributed by atoms with Crippen molar-refractivity contribution in [3.8, 4) is 5.75 Å². The molecule has 3 aromatic carbocycles. The van der Waals surface area contributed by atoms with Crippen LogP contribution in [0.5, 0.6) is 5.75 Å². The van der Waals surface area contributed by atoms with Crippen molar-refractivity contribution in [3.63, 3.8) is 0 Å². The molecule has 2 heterocycles. The van der Waals surface area contributed by atoms with Crippen molar-refractivity contribution in [2.45, 2.75) is 52.5 Å². The summed E-state index contributed by atoms with van der Waals surface area (Å²) in [6.45, 7) is 9.18. The highest BCUT2D eigenvalue weighted by Crippen LogP contribution is 2.35. The average Bonchev–Trinajstić information content (AvgIpc) is 3.36. The van der Waals surface area contributed by atoms with Gasteiger partial charge >= 0.3 is 0 Å². The number of ether oxygens (including phenoxy) is 1. The first-order valence-corrected chi connectivity index (χ1v) is 14.0. The van der Waals surface area contributed by atoms with Crippen molar-refractivity contribution in [2.75, 3.05) is 26.2 Å². The van der Waals surface area contributed by atoms with Crippen LogP contribution in [0.25, 0.3) is 0 Å². The van der Waals surface area contributed by atoms with Crippen LogP contribution in [-0.4, -0.2) is 47.8 Å². The van der Waals surface area contributed by atoms with Gasteiger partial charge in [-0.3, -0.25) is 9.69 Å². The van der Waals surface area contributed by atoms with Crippen LogP contribution in [0.4, 0.5) is 0 Å². The first-order valence-electron chi connectivity index (χ1n) is 14.0. The third-order valence-electron chi connectivity index (χ3n) is 7.87. The van der Waals surface area contributed by atoms with E-state index in [1.807, 2.05) is 19.1 Å². The second-order valence-electron chi connectivity index (χ2n) is 10.7. The Bertz CT molecular complexity index is 1260. The van der Waals surface area contributed by atoms with E-state index in [9.17, 15) is 4.79 Å². The molecule has 1 atom stereocenters. The monoisotopic (exact) mass is 509 g/mol. The molecule has 0 aliphatic carbocycles. The Labute approximate surface area is 227 Å². The molecule has 38 heavy (non-hydrogen) atoms. The Balaban J connectivity index is 1.29. The molecule has 0 bridgehead atoms. The molecule has 1 fully saturated rings. The van der Waals surface area contributed by atoms with E-state index in [2.05, 4.69) is 79.4 Å². The molecule has 5 rings (SSSR count). The van der Waals surface area contributed by atoms with Crippen LogP contribution in [0.3, 0.4) is 0 Å². The van der Waals surface area contributed by atoms with Crippen LogP contribution in [0.15, 0.2) is 77.9 Å². The Hall–Kier alpha value is -3.44. The Kier molecular flexibility index (Phi) is 8.23. The Morgan fingerprint density at radius 2 is 1.71 bits per heavy atom. The number of hydrogen-bond acceptors (Lipinski definition) is 4. The summed E-state index contributed by atoms with van der Waals surface area (Å²) in [5.41, 5.74) is 7.04. The van der Waals surface area contributed by atoms with E-state index in [1.54, 1.807) is 5.01 Å². The molecule has 5 nitrogen and oxygen atoms in total. The largest absolute Gasteiger partial charge is 0.494 e. The second kappa shape index (κ2) is 12.0. The molecule has 1 saturated heterocycles. The molecule has 2 aliphatic rings. The molecule has 2 aliphatic heterocycles. The van der Waals surface area contributed by atoms with Gasteiger partial charge in [-0.25, -0.2) is 5.01 Å². The summed E-state index contributed by atoms with van der Waals surface area (Å²) >= 11 is 0. The van der Waals surface area contributed by atoms with Gasteiger partial charge in [0.25, 0.3) is 5.91 Å². The molecule has 0 spiro atoms. The van der Waals surface area contributed by atoms with Crippen LogP contribution in [0, 0.1) is 19.8 Å². The number of piperidine rings is 1. The van der Waals surface area contributed by atoms with Crippen molar-refractivity contribution in [2.24, 2.45) is 11.0 Å². The van der Waals surface area contributed by atoms with Crippen molar-refractivity contribution < 1.29 is 9.53 Å². The molecule has 1 amide bonds.